The van der Waals surface area contributed by atoms with Gasteiger partial charge in [0.05, 0.1) is 0 Å². The molecular weight excluding hydrogens is 248 g/mol. The highest BCUT2D eigenvalue weighted by Gasteiger charge is 2.71. The van der Waals surface area contributed by atoms with Crippen molar-refractivity contribution in [1.29, 1.82) is 0 Å². The van der Waals surface area contributed by atoms with E-state index in [0.717, 1.165) is 0 Å². The number of hydrogen-bond acceptors (Lipinski definition) is 4. The molecule has 1 unspecified atom stereocenters. The number of halogens is 5. The van der Waals surface area contributed by atoms with Crippen LogP contribution in [0.2, 0.25) is 0 Å². The molecule has 0 heterocycles. The summed E-state index contributed by atoms with van der Waals surface area (Å²) in [4.78, 5) is 0. The fourth-order valence-electron chi connectivity index (χ4n) is 0.643. The van der Waals surface area contributed by atoms with E-state index in [-0.39, 0.29) is 0 Å². The first kappa shape index (κ1) is 14.2. The van der Waals surface area contributed by atoms with Crippen molar-refractivity contribution in [2.24, 2.45) is 16.9 Å². The molecule has 0 aliphatic carbocycles. The van der Waals surface area contributed by atoms with Crippen LogP contribution in [-0.2, 0) is 0 Å². The summed E-state index contributed by atoms with van der Waals surface area (Å²) < 4.78 is 34.4. The molecule has 4 nitrogen and oxygen atoms in total. The lowest BCUT2D eigenvalue weighted by molar-refractivity contribution is -0.343. The Morgan fingerprint density at radius 2 is 1.36 bits per heavy atom. The minimum atomic E-state index is -5.19. The van der Waals surface area contributed by atoms with Gasteiger partial charge >= 0.3 is 6.18 Å². The highest BCUT2D eigenvalue weighted by Crippen LogP contribution is 2.52. The summed E-state index contributed by atoms with van der Waals surface area (Å²) in [5.74, 6) is -3.69. The molecule has 0 rings (SSSR count). The van der Waals surface area contributed by atoms with Crippen LogP contribution in [0.5, 0.6) is 0 Å². The molecule has 86 valence electrons. The summed E-state index contributed by atoms with van der Waals surface area (Å²) in [5.41, 5.74) is 5.84. The van der Waals surface area contributed by atoms with E-state index in [2.05, 4.69) is 5.73 Å². The molecule has 0 spiro atoms. The topological polar surface area (TPSA) is 92.5 Å². The summed E-state index contributed by atoms with van der Waals surface area (Å²) >= 11 is 10.1. The summed E-state index contributed by atoms with van der Waals surface area (Å²) in [5, 5.41) is 17.5. The molecule has 0 aromatic carbocycles. The zero-order valence-corrected chi connectivity index (χ0v) is 8.45. The Balaban J connectivity index is 5.54. The third-order valence-electron chi connectivity index (χ3n) is 1.97. The highest BCUT2D eigenvalue weighted by molar-refractivity contribution is 6.48. The fraction of sp³-hybridized carbons (Fsp3) is 1.00. The SMILES string of the molecule is CC(C(N)(O)O)(C(F)(F)F)C(N)(Cl)Cl. The van der Waals surface area contributed by atoms with Gasteiger partial charge in [-0.2, -0.15) is 13.2 Å². The van der Waals surface area contributed by atoms with E-state index in [4.69, 9.17) is 39.1 Å². The molecule has 0 saturated heterocycles. The summed E-state index contributed by atoms with van der Waals surface area (Å²) in [7, 11) is 0. The van der Waals surface area contributed by atoms with Gasteiger partial charge in [0.15, 0.2) is 9.87 Å². The van der Waals surface area contributed by atoms with Crippen molar-refractivity contribution in [2.75, 3.05) is 0 Å². The Morgan fingerprint density at radius 1 is 1.07 bits per heavy atom. The lowest BCUT2D eigenvalue weighted by Gasteiger charge is -2.44. The van der Waals surface area contributed by atoms with E-state index >= 15 is 0 Å². The maximum atomic E-state index is 12.4. The molecule has 9 heteroatoms. The first-order valence-electron chi connectivity index (χ1n) is 3.22. The molecule has 0 aromatic heterocycles. The normalized spacial score (nSPS) is 19.3. The number of alkyl halides is 5. The van der Waals surface area contributed by atoms with Crippen LogP contribution < -0.4 is 11.5 Å². The molecular formula is C5H9Cl2F3N2O2. The van der Waals surface area contributed by atoms with Crippen molar-refractivity contribution in [2.45, 2.75) is 23.5 Å². The second kappa shape index (κ2) is 3.36. The van der Waals surface area contributed by atoms with Crippen molar-refractivity contribution < 1.29 is 23.4 Å². The van der Waals surface area contributed by atoms with Gasteiger partial charge in [-0.05, 0) is 6.92 Å². The number of hydrogen-bond donors (Lipinski definition) is 4. The third kappa shape index (κ3) is 2.07. The van der Waals surface area contributed by atoms with E-state index in [0.29, 0.717) is 6.92 Å². The lowest BCUT2D eigenvalue weighted by atomic mass is 9.84. The van der Waals surface area contributed by atoms with E-state index in [1.165, 1.54) is 0 Å². The summed E-state index contributed by atoms with van der Waals surface area (Å²) in [6, 6.07) is 0. The van der Waals surface area contributed by atoms with Crippen molar-refractivity contribution in [1.82, 2.24) is 0 Å². The summed E-state index contributed by atoms with van der Waals surface area (Å²) in [6.45, 7) is 0.299. The van der Waals surface area contributed by atoms with E-state index in [1.807, 2.05) is 0 Å². The van der Waals surface area contributed by atoms with Gasteiger partial charge in [-0.3, -0.25) is 11.5 Å². The quantitative estimate of drug-likeness (QED) is 0.324. The Kier molecular flexibility index (Phi) is 3.41. The molecule has 1 atom stereocenters. The highest BCUT2D eigenvalue weighted by atomic mass is 35.5. The van der Waals surface area contributed by atoms with Crippen molar-refractivity contribution >= 4 is 23.2 Å². The van der Waals surface area contributed by atoms with Crippen LogP contribution in [0.4, 0.5) is 13.2 Å². The molecule has 14 heavy (non-hydrogen) atoms. The van der Waals surface area contributed by atoms with Crippen LogP contribution in [0.1, 0.15) is 6.92 Å². The van der Waals surface area contributed by atoms with Gasteiger partial charge in [-0.1, -0.05) is 23.2 Å². The largest absolute Gasteiger partial charge is 0.405 e. The second-order valence-corrected chi connectivity index (χ2v) is 4.36. The average Bonchev–Trinajstić information content (AvgIpc) is 1.77. The second-order valence-electron chi connectivity index (χ2n) is 2.97. The lowest BCUT2D eigenvalue weighted by Crippen LogP contribution is -2.70. The molecule has 0 radical (unpaired) electrons. The van der Waals surface area contributed by atoms with Crippen LogP contribution in [0, 0.1) is 5.41 Å². The predicted molar refractivity (Wildman–Crippen MR) is 44.1 cm³/mol. The first-order valence-corrected chi connectivity index (χ1v) is 3.98. The molecule has 6 N–H and O–H groups in total. The Bertz CT molecular complexity index is 184. The monoisotopic (exact) mass is 256 g/mol. The number of aliphatic hydroxyl groups is 2. The molecule has 0 aromatic rings. The van der Waals surface area contributed by atoms with Gasteiger partial charge in [0.1, 0.15) is 0 Å². The zero-order chi connectivity index (χ0) is 12.0. The molecule has 0 saturated carbocycles. The predicted octanol–water partition coefficient (Wildman–Crippen LogP) is 0.242. The van der Waals surface area contributed by atoms with Crippen molar-refractivity contribution in [3.63, 3.8) is 0 Å². The van der Waals surface area contributed by atoms with E-state index in [9.17, 15) is 13.2 Å². The minimum absolute atomic E-state index is 0.299. The minimum Gasteiger partial charge on any atom is -0.353 e. The van der Waals surface area contributed by atoms with E-state index in [1.54, 1.807) is 0 Å². The average molecular weight is 257 g/mol. The van der Waals surface area contributed by atoms with Crippen LogP contribution in [0.3, 0.4) is 0 Å². The standard InChI is InChI=1S/C5H9Cl2F3N2O2/c1-2(3(6,7)11,4(8,9)10)5(12,13)14/h13-14H,11-12H2,1H3. The van der Waals surface area contributed by atoms with Gasteiger partial charge in [-0.15, -0.1) is 0 Å². The van der Waals surface area contributed by atoms with Crippen LogP contribution in [-0.4, -0.2) is 26.8 Å². The van der Waals surface area contributed by atoms with Gasteiger partial charge in [0, 0.05) is 0 Å². The Labute approximate surface area is 87.6 Å². The Morgan fingerprint density at radius 3 is 1.36 bits per heavy atom. The molecule has 0 amide bonds. The maximum absolute atomic E-state index is 12.4. The zero-order valence-electron chi connectivity index (χ0n) is 6.94. The van der Waals surface area contributed by atoms with Crippen LogP contribution in [0.25, 0.3) is 0 Å². The summed E-state index contributed by atoms with van der Waals surface area (Å²) in [6.07, 6.45) is -5.19. The van der Waals surface area contributed by atoms with E-state index < -0.39 is 22.0 Å². The third-order valence-corrected chi connectivity index (χ3v) is 2.73. The Hall–Kier alpha value is 0.210. The van der Waals surface area contributed by atoms with Gasteiger partial charge < -0.3 is 10.2 Å². The molecule has 0 fully saturated rings. The smallest absolute Gasteiger partial charge is 0.353 e. The van der Waals surface area contributed by atoms with Gasteiger partial charge in [0.2, 0.25) is 5.91 Å². The van der Waals surface area contributed by atoms with Crippen molar-refractivity contribution in [3.8, 4) is 0 Å². The van der Waals surface area contributed by atoms with Crippen LogP contribution >= 0.6 is 23.2 Å². The fourth-order valence-corrected chi connectivity index (χ4v) is 1.14. The molecule has 0 aliphatic rings. The van der Waals surface area contributed by atoms with Crippen molar-refractivity contribution in [3.05, 3.63) is 0 Å². The molecule has 0 bridgehead atoms. The maximum Gasteiger partial charge on any atom is 0.405 e. The van der Waals surface area contributed by atoms with Gasteiger partial charge in [0.25, 0.3) is 0 Å². The number of rotatable bonds is 2. The first-order chi connectivity index (χ1) is 5.75. The molecule has 0 aliphatic heterocycles. The van der Waals surface area contributed by atoms with Crippen LogP contribution in [0.15, 0.2) is 0 Å². The number of nitrogens with two attached hydrogens (primary N) is 2. The van der Waals surface area contributed by atoms with Gasteiger partial charge in [-0.25, -0.2) is 0 Å².